The molecular formula is C18H25NO4. The molecule has 1 aromatic carbocycles. The van der Waals surface area contributed by atoms with E-state index in [-0.39, 0.29) is 12.5 Å². The molecule has 2 atom stereocenters. The fourth-order valence-electron chi connectivity index (χ4n) is 3.74. The van der Waals surface area contributed by atoms with Crippen molar-refractivity contribution in [2.75, 3.05) is 26.8 Å². The Morgan fingerprint density at radius 1 is 1.30 bits per heavy atom. The molecule has 2 unspecified atom stereocenters. The lowest BCUT2D eigenvalue weighted by molar-refractivity contribution is -0.158. The van der Waals surface area contributed by atoms with E-state index in [4.69, 9.17) is 9.47 Å². The predicted octanol–water partition coefficient (Wildman–Crippen LogP) is 2.07. The van der Waals surface area contributed by atoms with Gasteiger partial charge in [-0.2, -0.15) is 0 Å². The predicted molar refractivity (Wildman–Crippen MR) is 86.3 cm³/mol. The first-order valence-corrected chi connectivity index (χ1v) is 8.28. The van der Waals surface area contributed by atoms with E-state index in [0.29, 0.717) is 25.3 Å². The zero-order valence-corrected chi connectivity index (χ0v) is 13.9. The molecule has 2 aliphatic heterocycles. The number of aliphatic hydroxyl groups is 1. The lowest BCUT2D eigenvalue weighted by atomic mass is 9.84. The molecule has 2 saturated heterocycles. The summed E-state index contributed by atoms with van der Waals surface area (Å²) < 4.78 is 11.1. The molecule has 0 bridgehead atoms. The van der Waals surface area contributed by atoms with Crippen LogP contribution in [0.5, 0.6) is 5.75 Å². The van der Waals surface area contributed by atoms with Gasteiger partial charge in [0.05, 0.1) is 13.7 Å². The van der Waals surface area contributed by atoms with Gasteiger partial charge in [-0.15, -0.1) is 0 Å². The lowest BCUT2D eigenvalue weighted by Gasteiger charge is -2.42. The third-order valence-corrected chi connectivity index (χ3v) is 5.04. The first kappa shape index (κ1) is 16.3. The van der Waals surface area contributed by atoms with E-state index in [9.17, 15) is 9.90 Å². The van der Waals surface area contributed by atoms with Gasteiger partial charge >= 0.3 is 0 Å². The number of nitrogens with zero attached hydrogens (tertiary/aromatic N) is 1. The van der Waals surface area contributed by atoms with Crippen molar-refractivity contribution >= 4 is 5.91 Å². The number of β-amino-alcohol motifs (C(OH)–C–C–N with tert-alkyl or cyclic N) is 1. The van der Waals surface area contributed by atoms with E-state index in [1.807, 2.05) is 31.2 Å². The summed E-state index contributed by atoms with van der Waals surface area (Å²) in [4.78, 5) is 14.6. The van der Waals surface area contributed by atoms with Gasteiger partial charge in [0.15, 0.2) is 0 Å². The highest BCUT2D eigenvalue weighted by Crippen LogP contribution is 2.38. The minimum Gasteiger partial charge on any atom is -0.496 e. The maximum atomic E-state index is 12.9. The number of ether oxygens (including phenoxy) is 2. The Morgan fingerprint density at radius 2 is 2.09 bits per heavy atom. The normalized spacial score (nSPS) is 31.2. The van der Waals surface area contributed by atoms with Crippen LogP contribution in [0.25, 0.3) is 0 Å². The Morgan fingerprint density at radius 3 is 2.78 bits per heavy atom. The third kappa shape index (κ3) is 2.95. The Labute approximate surface area is 137 Å². The summed E-state index contributed by atoms with van der Waals surface area (Å²) in [6, 6.07) is 7.49. The van der Waals surface area contributed by atoms with E-state index in [2.05, 4.69) is 0 Å². The lowest BCUT2D eigenvalue weighted by Crippen LogP contribution is -2.54. The Bertz CT molecular complexity index is 582. The summed E-state index contributed by atoms with van der Waals surface area (Å²) >= 11 is 0. The van der Waals surface area contributed by atoms with E-state index in [1.165, 1.54) is 0 Å². The number of benzene rings is 1. The van der Waals surface area contributed by atoms with Crippen molar-refractivity contribution in [3.63, 3.8) is 0 Å². The van der Waals surface area contributed by atoms with Crippen LogP contribution in [0.15, 0.2) is 24.3 Å². The van der Waals surface area contributed by atoms with E-state index in [1.54, 1.807) is 12.0 Å². The molecule has 0 spiro atoms. The average Bonchev–Trinajstić information content (AvgIpc) is 3.02. The van der Waals surface area contributed by atoms with Gasteiger partial charge in [-0.1, -0.05) is 18.2 Å². The van der Waals surface area contributed by atoms with Crippen LogP contribution in [-0.2, 0) is 15.1 Å². The van der Waals surface area contributed by atoms with Crippen molar-refractivity contribution < 1.29 is 19.4 Å². The van der Waals surface area contributed by atoms with Gasteiger partial charge in [-0.25, -0.2) is 0 Å². The van der Waals surface area contributed by atoms with Crippen molar-refractivity contribution in [3.05, 3.63) is 29.8 Å². The number of piperidine rings is 1. The number of likely N-dealkylation sites (tertiary alicyclic amines) is 1. The first-order valence-electron chi connectivity index (χ1n) is 8.28. The second kappa shape index (κ2) is 6.13. The van der Waals surface area contributed by atoms with Gasteiger partial charge < -0.3 is 19.5 Å². The number of hydrogen-bond acceptors (Lipinski definition) is 4. The van der Waals surface area contributed by atoms with Crippen LogP contribution in [0, 0.1) is 0 Å². The van der Waals surface area contributed by atoms with Crippen molar-refractivity contribution in [1.29, 1.82) is 0 Å². The molecule has 5 nitrogen and oxygen atoms in total. The first-order chi connectivity index (χ1) is 11.0. The van der Waals surface area contributed by atoms with Crippen molar-refractivity contribution in [1.82, 2.24) is 4.90 Å². The van der Waals surface area contributed by atoms with Crippen LogP contribution in [0.2, 0.25) is 0 Å². The Kier molecular flexibility index (Phi) is 4.34. The molecule has 1 N–H and O–H groups in total. The largest absolute Gasteiger partial charge is 0.496 e. The van der Waals surface area contributed by atoms with Gasteiger partial charge in [0, 0.05) is 18.7 Å². The number of methoxy groups -OCH3 is 1. The zero-order valence-electron chi connectivity index (χ0n) is 13.9. The molecule has 2 heterocycles. The van der Waals surface area contributed by atoms with Gasteiger partial charge in [0.1, 0.15) is 17.0 Å². The van der Waals surface area contributed by atoms with E-state index in [0.717, 1.165) is 24.8 Å². The summed E-state index contributed by atoms with van der Waals surface area (Å²) in [5, 5.41) is 11.2. The van der Waals surface area contributed by atoms with Crippen LogP contribution in [-0.4, -0.2) is 48.3 Å². The van der Waals surface area contributed by atoms with E-state index < -0.39 is 11.2 Å². The summed E-state index contributed by atoms with van der Waals surface area (Å²) in [7, 11) is 1.60. The van der Waals surface area contributed by atoms with Crippen LogP contribution < -0.4 is 4.74 Å². The fourth-order valence-corrected chi connectivity index (χ4v) is 3.74. The maximum Gasteiger partial charge on any atom is 0.254 e. The van der Waals surface area contributed by atoms with Gasteiger partial charge in [0.2, 0.25) is 0 Å². The van der Waals surface area contributed by atoms with Gasteiger partial charge in [0.25, 0.3) is 5.91 Å². The average molecular weight is 319 g/mol. The highest BCUT2D eigenvalue weighted by molar-refractivity contribution is 5.85. The minimum absolute atomic E-state index is 0.0111. The molecule has 2 fully saturated rings. The number of amides is 1. The minimum atomic E-state index is -1.07. The van der Waals surface area contributed by atoms with Crippen molar-refractivity contribution in [3.8, 4) is 5.75 Å². The zero-order chi connectivity index (χ0) is 16.5. The van der Waals surface area contributed by atoms with Crippen molar-refractivity contribution in [2.24, 2.45) is 0 Å². The quantitative estimate of drug-likeness (QED) is 0.926. The fraction of sp³-hybridized carbons (Fsp3) is 0.611. The maximum absolute atomic E-state index is 12.9. The summed E-state index contributed by atoms with van der Waals surface area (Å²) in [6.45, 7) is 3.44. The van der Waals surface area contributed by atoms with Crippen LogP contribution in [0.1, 0.15) is 38.2 Å². The molecular weight excluding hydrogens is 294 g/mol. The molecule has 1 amide bonds. The van der Waals surface area contributed by atoms with Gasteiger partial charge in [-0.05, 0) is 38.7 Å². The number of carbonyl (C=O) groups is 1. The molecule has 2 aliphatic rings. The molecule has 1 aromatic rings. The molecule has 23 heavy (non-hydrogen) atoms. The Hall–Kier alpha value is -1.59. The SMILES string of the molecule is COc1ccccc1C1(O)CCCN(C(=O)C2(C)CCCO2)C1. The summed E-state index contributed by atoms with van der Waals surface area (Å²) in [5.41, 5.74) is -1.06. The summed E-state index contributed by atoms with van der Waals surface area (Å²) in [5.74, 6) is 0.649. The van der Waals surface area contributed by atoms with Gasteiger partial charge in [-0.3, -0.25) is 4.79 Å². The molecule has 126 valence electrons. The monoisotopic (exact) mass is 319 g/mol. The molecule has 0 radical (unpaired) electrons. The molecule has 0 aromatic heterocycles. The van der Waals surface area contributed by atoms with Crippen LogP contribution in [0.3, 0.4) is 0 Å². The number of hydrogen-bond donors (Lipinski definition) is 1. The second-order valence-corrected chi connectivity index (χ2v) is 6.74. The molecule has 5 heteroatoms. The highest BCUT2D eigenvalue weighted by Gasteiger charge is 2.45. The highest BCUT2D eigenvalue weighted by atomic mass is 16.5. The number of para-hydroxylation sites is 1. The number of carbonyl (C=O) groups excluding carboxylic acids is 1. The smallest absolute Gasteiger partial charge is 0.254 e. The van der Waals surface area contributed by atoms with E-state index >= 15 is 0 Å². The number of rotatable bonds is 3. The topological polar surface area (TPSA) is 59.0 Å². The Balaban J connectivity index is 1.83. The van der Waals surface area contributed by atoms with Crippen molar-refractivity contribution in [2.45, 2.75) is 43.8 Å². The third-order valence-electron chi connectivity index (χ3n) is 5.04. The molecule has 0 aliphatic carbocycles. The van der Waals surface area contributed by atoms with Crippen LogP contribution in [0.4, 0.5) is 0 Å². The van der Waals surface area contributed by atoms with Crippen LogP contribution >= 0.6 is 0 Å². The molecule has 3 rings (SSSR count). The molecule has 0 saturated carbocycles. The second-order valence-electron chi connectivity index (χ2n) is 6.74. The standard InChI is InChI=1S/C18H25NO4/c1-17(9-6-12-23-17)16(20)19-11-5-10-18(21,13-19)14-7-3-4-8-15(14)22-2/h3-4,7-8,21H,5-6,9-13H2,1-2H3. The summed E-state index contributed by atoms with van der Waals surface area (Å²) in [6.07, 6.45) is 3.04.